The number of rotatable bonds is 1. The molecule has 14 heavy (non-hydrogen) atoms. The van der Waals surface area contributed by atoms with Gasteiger partial charge in [-0.1, -0.05) is 39.4 Å². The van der Waals surface area contributed by atoms with E-state index in [1.165, 1.54) is 12.1 Å². The van der Waals surface area contributed by atoms with Crippen LogP contribution in [0.25, 0.3) is 0 Å². The number of phenols is 1. The Morgan fingerprint density at radius 1 is 1.57 bits per heavy atom. The Morgan fingerprint density at radius 2 is 2.29 bits per heavy atom. The number of alkyl halides is 1. The first-order valence-corrected chi connectivity index (χ1v) is 5.21. The molecule has 0 aliphatic carbocycles. The molecule has 2 nitrogen and oxygen atoms in total. The molecular formula is C10H6BrClO2. The van der Waals surface area contributed by atoms with Crippen LogP contribution in [-0.4, -0.2) is 16.7 Å². The molecule has 1 aromatic carbocycles. The maximum atomic E-state index is 10.5. The molecule has 1 N–H and O–H groups in total. The lowest BCUT2D eigenvalue weighted by atomic mass is 10.1. The summed E-state index contributed by atoms with van der Waals surface area (Å²) in [6.07, 6.45) is 0.542. The van der Waals surface area contributed by atoms with E-state index in [0.717, 1.165) is 0 Å². The zero-order valence-corrected chi connectivity index (χ0v) is 9.39. The van der Waals surface area contributed by atoms with E-state index in [9.17, 15) is 9.90 Å². The Bertz CT molecular complexity index is 418. The van der Waals surface area contributed by atoms with Crippen molar-refractivity contribution in [1.29, 1.82) is 0 Å². The Hall–Kier alpha value is -0.980. The molecule has 0 unspecified atom stereocenters. The molecule has 0 fully saturated rings. The predicted molar refractivity (Wildman–Crippen MR) is 59.2 cm³/mol. The summed E-state index contributed by atoms with van der Waals surface area (Å²) in [5.74, 6) is 5.28. The molecule has 0 saturated carbocycles. The fourth-order valence-electron chi connectivity index (χ4n) is 0.934. The van der Waals surface area contributed by atoms with Crippen LogP contribution in [-0.2, 0) is 0 Å². The van der Waals surface area contributed by atoms with E-state index in [1.807, 2.05) is 0 Å². The monoisotopic (exact) mass is 272 g/mol. The molecule has 4 heteroatoms. The molecule has 0 aliphatic rings. The van der Waals surface area contributed by atoms with Crippen molar-refractivity contribution in [2.45, 2.75) is 0 Å². The van der Waals surface area contributed by atoms with Crippen molar-refractivity contribution in [3.8, 4) is 17.6 Å². The third-order valence-corrected chi connectivity index (χ3v) is 2.02. The van der Waals surface area contributed by atoms with Crippen LogP contribution in [0.1, 0.15) is 15.9 Å². The number of aromatic hydroxyl groups is 1. The molecule has 0 bridgehead atoms. The molecule has 0 saturated heterocycles. The van der Waals surface area contributed by atoms with Gasteiger partial charge in [0, 0.05) is 5.02 Å². The van der Waals surface area contributed by atoms with Crippen LogP contribution in [0.2, 0.25) is 5.02 Å². The summed E-state index contributed by atoms with van der Waals surface area (Å²) < 4.78 is 0. The number of hydrogen-bond donors (Lipinski definition) is 1. The average Bonchev–Trinajstić information content (AvgIpc) is 2.18. The smallest absolute Gasteiger partial charge is 0.153 e. The maximum Gasteiger partial charge on any atom is 0.153 e. The fraction of sp³-hybridized carbons (Fsp3) is 0.100. The van der Waals surface area contributed by atoms with Crippen molar-refractivity contribution in [3.05, 3.63) is 28.3 Å². The van der Waals surface area contributed by atoms with Crippen molar-refractivity contribution in [2.75, 3.05) is 5.33 Å². The van der Waals surface area contributed by atoms with Crippen LogP contribution in [0.3, 0.4) is 0 Å². The van der Waals surface area contributed by atoms with Gasteiger partial charge in [0.05, 0.1) is 16.5 Å². The largest absolute Gasteiger partial charge is 0.506 e. The number of carbonyl (C=O) groups is 1. The Morgan fingerprint density at radius 3 is 2.86 bits per heavy atom. The average molecular weight is 274 g/mol. The van der Waals surface area contributed by atoms with Crippen LogP contribution < -0.4 is 0 Å². The van der Waals surface area contributed by atoms with Crippen LogP contribution in [0.4, 0.5) is 0 Å². The molecule has 0 aromatic heterocycles. The fourth-order valence-corrected chi connectivity index (χ4v) is 1.30. The van der Waals surface area contributed by atoms with Crippen molar-refractivity contribution in [1.82, 2.24) is 0 Å². The summed E-state index contributed by atoms with van der Waals surface area (Å²) in [4.78, 5) is 10.5. The Labute approximate surface area is 95.0 Å². The van der Waals surface area contributed by atoms with Gasteiger partial charge in [0.2, 0.25) is 0 Å². The second kappa shape index (κ2) is 5.04. The SMILES string of the molecule is O=Cc1cc(Cl)cc(C#CCBr)c1O. The van der Waals surface area contributed by atoms with Gasteiger partial charge in [-0.05, 0) is 12.1 Å². The molecule has 0 atom stereocenters. The molecule has 0 aliphatic heterocycles. The summed E-state index contributed by atoms with van der Waals surface area (Å²) in [7, 11) is 0. The van der Waals surface area contributed by atoms with Crippen LogP contribution in [0, 0.1) is 11.8 Å². The standard InChI is InChI=1S/C10H6BrClO2/c11-3-1-2-7-4-9(12)5-8(6-13)10(7)14/h4-6,14H,3H2. The predicted octanol–water partition coefficient (Wildman–Crippen LogP) is 2.60. The number of carbonyl (C=O) groups excluding carboxylic acids is 1. The van der Waals surface area contributed by atoms with Gasteiger partial charge in [-0.2, -0.15) is 0 Å². The lowest BCUT2D eigenvalue weighted by molar-refractivity contribution is 0.112. The second-order valence-electron chi connectivity index (χ2n) is 2.44. The molecule has 72 valence electrons. The summed E-state index contributed by atoms with van der Waals surface area (Å²) >= 11 is 8.86. The number of aldehydes is 1. The summed E-state index contributed by atoms with van der Waals surface area (Å²) in [6, 6.07) is 2.91. The van der Waals surface area contributed by atoms with Gasteiger partial charge in [-0.3, -0.25) is 4.79 Å². The minimum absolute atomic E-state index is 0.127. The lowest BCUT2D eigenvalue weighted by Crippen LogP contribution is -1.86. The minimum Gasteiger partial charge on any atom is -0.506 e. The van der Waals surface area contributed by atoms with Crippen LogP contribution >= 0.6 is 27.5 Å². The molecule has 0 radical (unpaired) electrons. The third-order valence-electron chi connectivity index (χ3n) is 1.52. The van der Waals surface area contributed by atoms with Gasteiger partial charge in [-0.25, -0.2) is 0 Å². The normalized spacial score (nSPS) is 9.00. The highest BCUT2D eigenvalue weighted by atomic mass is 79.9. The van der Waals surface area contributed by atoms with E-state index in [2.05, 4.69) is 27.8 Å². The van der Waals surface area contributed by atoms with E-state index >= 15 is 0 Å². The molecule has 0 amide bonds. The zero-order valence-electron chi connectivity index (χ0n) is 7.05. The quantitative estimate of drug-likeness (QED) is 0.485. The summed E-state index contributed by atoms with van der Waals surface area (Å²) in [5.41, 5.74) is 0.510. The van der Waals surface area contributed by atoms with E-state index < -0.39 is 0 Å². The minimum atomic E-state index is -0.127. The van der Waals surface area contributed by atoms with E-state index in [0.29, 0.717) is 22.2 Å². The summed E-state index contributed by atoms with van der Waals surface area (Å²) in [6.45, 7) is 0. The maximum absolute atomic E-state index is 10.5. The van der Waals surface area contributed by atoms with Gasteiger partial charge in [0.25, 0.3) is 0 Å². The van der Waals surface area contributed by atoms with Crippen molar-refractivity contribution in [2.24, 2.45) is 0 Å². The summed E-state index contributed by atoms with van der Waals surface area (Å²) in [5, 5.41) is 10.4. The first kappa shape index (κ1) is 11.1. The van der Waals surface area contributed by atoms with Gasteiger partial charge < -0.3 is 5.11 Å². The van der Waals surface area contributed by atoms with Gasteiger partial charge in [-0.15, -0.1) is 0 Å². The highest BCUT2D eigenvalue weighted by Crippen LogP contribution is 2.25. The molecule has 1 rings (SSSR count). The first-order chi connectivity index (χ1) is 6.69. The van der Waals surface area contributed by atoms with Gasteiger partial charge >= 0.3 is 0 Å². The van der Waals surface area contributed by atoms with Crippen LogP contribution in [0.5, 0.6) is 5.75 Å². The topological polar surface area (TPSA) is 37.3 Å². The first-order valence-electron chi connectivity index (χ1n) is 3.71. The van der Waals surface area contributed by atoms with E-state index in [1.54, 1.807) is 0 Å². The number of halogens is 2. The zero-order chi connectivity index (χ0) is 10.6. The number of hydrogen-bond acceptors (Lipinski definition) is 2. The van der Waals surface area contributed by atoms with Gasteiger partial charge in [0.1, 0.15) is 5.75 Å². The van der Waals surface area contributed by atoms with Crippen molar-refractivity contribution >= 4 is 33.8 Å². The highest BCUT2D eigenvalue weighted by Gasteiger charge is 2.06. The van der Waals surface area contributed by atoms with Gasteiger partial charge in [0.15, 0.2) is 6.29 Å². The molecular weight excluding hydrogens is 267 g/mol. The Balaban J connectivity index is 3.28. The number of phenolic OH excluding ortho intramolecular Hbond substituents is 1. The van der Waals surface area contributed by atoms with E-state index in [-0.39, 0.29) is 11.3 Å². The number of benzene rings is 1. The second-order valence-corrected chi connectivity index (χ2v) is 3.44. The molecule has 0 spiro atoms. The molecule has 0 heterocycles. The Kier molecular flexibility index (Phi) is 3.99. The highest BCUT2D eigenvalue weighted by molar-refractivity contribution is 9.09. The van der Waals surface area contributed by atoms with Crippen LogP contribution in [0.15, 0.2) is 12.1 Å². The van der Waals surface area contributed by atoms with Crippen molar-refractivity contribution < 1.29 is 9.90 Å². The molecule has 1 aromatic rings. The third kappa shape index (κ3) is 2.50. The lowest BCUT2D eigenvalue weighted by Gasteiger charge is -2.00. The van der Waals surface area contributed by atoms with Crippen molar-refractivity contribution in [3.63, 3.8) is 0 Å². The van der Waals surface area contributed by atoms with E-state index in [4.69, 9.17) is 11.6 Å².